The van der Waals surface area contributed by atoms with E-state index in [0.29, 0.717) is 67.1 Å². The number of nitrogens with zero attached hydrogens (tertiary/aromatic N) is 2. The molecule has 1 N–H and O–H groups in total. The second-order valence-electron chi connectivity index (χ2n) is 11.5. The van der Waals surface area contributed by atoms with Crippen LogP contribution in [0.1, 0.15) is 43.0 Å². The number of aryl methyl sites for hydroxylation is 1. The molecule has 226 valence electrons. The summed E-state index contributed by atoms with van der Waals surface area (Å²) in [6, 6.07) is 21.4. The quantitative estimate of drug-likeness (QED) is 0.169. The number of hydrogen-bond acceptors (Lipinski definition) is 7. The number of benzene rings is 3. The fourth-order valence-corrected chi connectivity index (χ4v) is 5.52. The average molecular weight is 585 g/mol. The Morgan fingerprint density at radius 1 is 0.930 bits per heavy atom. The summed E-state index contributed by atoms with van der Waals surface area (Å²) in [6.07, 6.45) is 0.685. The normalized spacial score (nSPS) is 18.8. The second kappa shape index (κ2) is 13.9. The molecule has 2 saturated heterocycles. The first-order chi connectivity index (χ1) is 20.8. The second-order valence-corrected chi connectivity index (χ2v) is 11.5. The Morgan fingerprint density at radius 2 is 1.67 bits per heavy atom. The molecule has 0 unspecified atom stereocenters. The van der Waals surface area contributed by atoms with E-state index < -0.39 is 17.7 Å². The molecule has 0 bridgehead atoms. The number of para-hydroxylation sites is 1. The van der Waals surface area contributed by atoms with Gasteiger partial charge in [0, 0.05) is 31.7 Å². The molecule has 0 aromatic heterocycles. The van der Waals surface area contributed by atoms with Crippen LogP contribution in [0.2, 0.25) is 0 Å². The topological polar surface area (TPSA) is 88.5 Å². The van der Waals surface area contributed by atoms with E-state index >= 15 is 0 Å². The van der Waals surface area contributed by atoms with Gasteiger partial charge in [0.1, 0.15) is 23.0 Å². The van der Waals surface area contributed by atoms with Crippen molar-refractivity contribution in [3.05, 3.63) is 95.1 Å². The van der Waals surface area contributed by atoms with Crippen molar-refractivity contribution in [2.75, 3.05) is 46.0 Å². The molecule has 2 fully saturated rings. The van der Waals surface area contributed by atoms with Crippen LogP contribution in [0.25, 0.3) is 5.76 Å². The summed E-state index contributed by atoms with van der Waals surface area (Å²) in [4.78, 5) is 31.0. The fraction of sp³-hybridized carbons (Fsp3) is 0.371. The summed E-state index contributed by atoms with van der Waals surface area (Å²) < 4.78 is 17.4. The number of ether oxygens (including phenoxy) is 3. The highest BCUT2D eigenvalue weighted by Gasteiger charge is 2.46. The van der Waals surface area contributed by atoms with Gasteiger partial charge in [0.25, 0.3) is 11.7 Å². The van der Waals surface area contributed by atoms with E-state index in [1.807, 2.05) is 67.6 Å². The number of rotatable bonds is 11. The van der Waals surface area contributed by atoms with Crippen molar-refractivity contribution in [1.82, 2.24) is 9.80 Å². The third kappa shape index (κ3) is 7.27. The van der Waals surface area contributed by atoms with E-state index in [0.717, 1.165) is 25.2 Å². The van der Waals surface area contributed by atoms with Gasteiger partial charge in [0.05, 0.1) is 31.4 Å². The molecule has 0 spiro atoms. The van der Waals surface area contributed by atoms with Crippen molar-refractivity contribution in [3.8, 4) is 17.2 Å². The van der Waals surface area contributed by atoms with Crippen LogP contribution in [0.5, 0.6) is 17.2 Å². The molecule has 8 heteroatoms. The lowest BCUT2D eigenvalue weighted by Crippen LogP contribution is -2.38. The van der Waals surface area contributed by atoms with Gasteiger partial charge in [-0.2, -0.15) is 0 Å². The van der Waals surface area contributed by atoms with E-state index in [1.165, 1.54) is 0 Å². The van der Waals surface area contributed by atoms with Gasteiger partial charge >= 0.3 is 0 Å². The number of carbonyl (C=O) groups is 2. The van der Waals surface area contributed by atoms with E-state index in [4.69, 9.17) is 14.2 Å². The zero-order chi connectivity index (χ0) is 30.3. The number of Topliss-reactive ketones (excluding diaryl/α,β-unsaturated/α-hetero) is 1. The number of aliphatic hydroxyl groups excluding tert-OH is 1. The highest BCUT2D eigenvalue weighted by Crippen LogP contribution is 2.41. The maximum Gasteiger partial charge on any atom is 0.295 e. The van der Waals surface area contributed by atoms with Crippen LogP contribution in [0.15, 0.2) is 78.4 Å². The molecule has 0 aliphatic carbocycles. The Bertz CT molecular complexity index is 1460. The smallest absolute Gasteiger partial charge is 0.295 e. The molecule has 5 rings (SSSR count). The van der Waals surface area contributed by atoms with Crippen molar-refractivity contribution in [1.29, 1.82) is 0 Å². The molecule has 3 aromatic carbocycles. The summed E-state index contributed by atoms with van der Waals surface area (Å²) in [5.41, 5.74) is 2.00. The number of carbonyl (C=O) groups excluding carboxylic acids is 2. The number of amides is 1. The van der Waals surface area contributed by atoms with Gasteiger partial charge in [0.15, 0.2) is 0 Å². The third-order valence-electron chi connectivity index (χ3n) is 7.71. The highest BCUT2D eigenvalue weighted by molar-refractivity contribution is 6.46. The van der Waals surface area contributed by atoms with Crippen molar-refractivity contribution in [2.45, 2.75) is 33.2 Å². The number of aliphatic hydroxyl groups is 1. The largest absolute Gasteiger partial charge is 0.507 e. The summed E-state index contributed by atoms with van der Waals surface area (Å²) in [5.74, 6) is 0.810. The SMILES string of the molecule is Cc1cc(OCC(C)C)ccc1/C(O)=C1\C(=O)C(=O)N(CCCN2CCOCC2)[C@@H]1c1cccc(Oc2ccccc2)c1. The van der Waals surface area contributed by atoms with Crippen LogP contribution in [-0.4, -0.2) is 72.6 Å². The lowest BCUT2D eigenvalue weighted by Gasteiger charge is -2.29. The standard InChI is InChI=1S/C35H40N2O6/c1-24(2)23-42-28-13-14-30(25(3)21-28)33(38)31-32(26-9-7-12-29(22-26)43-27-10-5-4-6-11-27)37(35(40)34(31)39)16-8-15-36-17-19-41-20-18-36/h4-7,9-14,21-22,24,32,38H,8,15-20,23H2,1-3H3/b33-31+/t32-/m1/s1. The predicted octanol–water partition coefficient (Wildman–Crippen LogP) is 5.97. The van der Waals surface area contributed by atoms with E-state index in [9.17, 15) is 14.7 Å². The van der Waals surface area contributed by atoms with Crippen LogP contribution in [0.3, 0.4) is 0 Å². The zero-order valence-corrected chi connectivity index (χ0v) is 25.1. The van der Waals surface area contributed by atoms with Crippen molar-refractivity contribution in [3.63, 3.8) is 0 Å². The maximum absolute atomic E-state index is 13.6. The number of hydrogen-bond donors (Lipinski definition) is 1. The van der Waals surface area contributed by atoms with E-state index in [-0.39, 0.29) is 11.3 Å². The van der Waals surface area contributed by atoms with Crippen molar-refractivity contribution >= 4 is 17.4 Å². The van der Waals surface area contributed by atoms with Gasteiger partial charge in [-0.25, -0.2) is 0 Å². The molecule has 2 aliphatic heterocycles. The summed E-state index contributed by atoms with van der Waals surface area (Å²) in [6.45, 7) is 10.8. The molecule has 0 saturated carbocycles. The predicted molar refractivity (Wildman–Crippen MR) is 165 cm³/mol. The molecular weight excluding hydrogens is 544 g/mol. The molecule has 2 heterocycles. The molecular formula is C35H40N2O6. The van der Waals surface area contributed by atoms with Gasteiger partial charge in [-0.15, -0.1) is 0 Å². The Balaban J connectivity index is 1.49. The van der Waals surface area contributed by atoms with Gasteiger partial charge in [0.2, 0.25) is 0 Å². The van der Waals surface area contributed by atoms with Gasteiger partial charge in [-0.1, -0.05) is 44.2 Å². The Hall–Kier alpha value is -4.14. The molecule has 0 radical (unpaired) electrons. The average Bonchev–Trinajstić information content (AvgIpc) is 3.26. The Morgan fingerprint density at radius 3 is 2.40 bits per heavy atom. The number of likely N-dealkylation sites (tertiary alicyclic amines) is 1. The Labute approximate surface area is 253 Å². The first kappa shape index (κ1) is 30.3. The lowest BCUT2D eigenvalue weighted by molar-refractivity contribution is -0.140. The van der Waals surface area contributed by atoms with Gasteiger partial charge in [-0.05, 0) is 72.9 Å². The summed E-state index contributed by atoms with van der Waals surface area (Å²) >= 11 is 0. The molecule has 8 nitrogen and oxygen atoms in total. The molecule has 3 aromatic rings. The summed E-state index contributed by atoms with van der Waals surface area (Å²) in [5, 5.41) is 11.7. The van der Waals surface area contributed by atoms with Crippen LogP contribution in [0, 0.1) is 12.8 Å². The van der Waals surface area contributed by atoms with Crippen LogP contribution in [-0.2, 0) is 14.3 Å². The zero-order valence-electron chi connectivity index (χ0n) is 25.1. The monoisotopic (exact) mass is 584 g/mol. The first-order valence-electron chi connectivity index (χ1n) is 15.0. The van der Waals surface area contributed by atoms with E-state index in [2.05, 4.69) is 18.7 Å². The summed E-state index contributed by atoms with van der Waals surface area (Å²) in [7, 11) is 0. The first-order valence-corrected chi connectivity index (χ1v) is 15.0. The van der Waals surface area contributed by atoms with E-state index in [1.54, 1.807) is 17.0 Å². The minimum Gasteiger partial charge on any atom is -0.507 e. The number of morpholine rings is 1. The fourth-order valence-electron chi connectivity index (χ4n) is 5.52. The molecule has 1 atom stereocenters. The molecule has 1 amide bonds. The van der Waals surface area contributed by atoms with Crippen molar-refractivity contribution in [2.24, 2.45) is 5.92 Å². The minimum atomic E-state index is -0.764. The third-order valence-corrected chi connectivity index (χ3v) is 7.71. The van der Waals surface area contributed by atoms with Crippen LogP contribution in [0.4, 0.5) is 0 Å². The van der Waals surface area contributed by atoms with Crippen molar-refractivity contribution < 1.29 is 28.9 Å². The van der Waals surface area contributed by atoms with Gasteiger partial charge in [-0.3, -0.25) is 14.5 Å². The van der Waals surface area contributed by atoms with Crippen LogP contribution >= 0.6 is 0 Å². The van der Waals surface area contributed by atoms with Gasteiger partial charge < -0.3 is 24.2 Å². The van der Waals surface area contributed by atoms with Crippen LogP contribution < -0.4 is 9.47 Å². The lowest BCUT2D eigenvalue weighted by atomic mass is 9.93. The Kier molecular flexibility index (Phi) is 9.79. The minimum absolute atomic E-state index is 0.0761. The number of ketones is 1. The highest BCUT2D eigenvalue weighted by atomic mass is 16.5. The maximum atomic E-state index is 13.6. The molecule has 2 aliphatic rings. The molecule has 43 heavy (non-hydrogen) atoms.